The van der Waals surface area contributed by atoms with Crippen LogP contribution >= 0.6 is 0 Å². The van der Waals surface area contributed by atoms with Gasteiger partial charge in [-0.3, -0.25) is 9.69 Å². The predicted octanol–water partition coefficient (Wildman–Crippen LogP) is 1.40. The number of carbonyl (C=O) groups is 1. The number of likely N-dealkylation sites (tertiary alicyclic amines) is 1. The molecule has 7 nitrogen and oxygen atoms in total. The maximum Gasteiger partial charge on any atom is 0.257 e. The summed E-state index contributed by atoms with van der Waals surface area (Å²) in [6, 6.07) is 0.197. The van der Waals surface area contributed by atoms with Gasteiger partial charge in [0.15, 0.2) is 5.65 Å². The first-order chi connectivity index (χ1) is 12.1. The van der Waals surface area contributed by atoms with E-state index in [1.54, 1.807) is 10.7 Å². The van der Waals surface area contributed by atoms with Crippen molar-refractivity contribution in [2.24, 2.45) is 0 Å². The predicted molar refractivity (Wildman–Crippen MR) is 97.6 cm³/mol. The number of piperidine rings is 1. The smallest absolute Gasteiger partial charge is 0.257 e. The van der Waals surface area contributed by atoms with Gasteiger partial charge in [0, 0.05) is 37.1 Å². The van der Waals surface area contributed by atoms with Gasteiger partial charge in [-0.25, -0.2) is 9.50 Å². The largest absolute Gasteiger partial charge is 0.348 e. The maximum atomic E-state index is 12.6. The van der Waals surface area contributed by atoms with E-state index in [1.807, 2.05) is 12.4 Å². The number of fused-ring (bicyclic) bond motifs is 1. The van der Waals surface area contributed by atoms with E-state index in [2.05, 4.69) is 46.1 Å². The van der Waals surface area contributed by atoms with Gasteiger partial charge in [0.1, 0.15) is 5.56 Å². The monoisotopic (exact) mass is 344 g/mol. The SMILES string of the molecule is CCN(CC)Cc1cnc2c(C(=O)N[C@@H]3CCCN(C)C3)cnn2c1. The van der Waals surface area contributed by atoms with Gasteiger partial charge >= 0.3 is 0 Å². The summed E-state index contributed by atoms with van der Waals surface area (Å²) in [7, 11) is 2.09. The molecule has 1 atom stereocenters. The summed E-state index contributed by atoms with van der Waals surface area (Å²) >= 11 is 0. The molecule has 3 rings (SSSR count). The Labute approximate surface area is 149 Å². The molecule has 1 saturated heterocycles. The van der Waals surface area contributed by atoms with Crippen LogP contribution < -0.4 is 5.32 Å². The molecule has 1 aliphatic rings. The van der Waals surface area contributed by atoms with Crippen LogP contribution in [0.4, 0.5) is 0 Å². The van der Waals surface area contributed by atoms with Crippen LogP contribution in [0.15, 0.2) is 18.6 Å². The van der Waals surface area contributed by atoms with Crippen LogP contribution in [0.25, 0.3) is 5.65 Å². The molecule has 7 heteroatoms. The molecule has 1 amide bonds. The van der Waals surface area contributed by atoms with Crippen molar-refractivity contribution in [3.8, 4) is 0 Å². The van der Waals surface area contributed by atoms with E-state index in [1.165, 1.54) is 0 Å². The minimum Gasteiger partial charge on any atom is -0.348 e. The van der Waals surface area contributed by atoms with Crippen molar-refractivity contribution in [2.45, 2.75) is 39.3 Å². The Kier molecular flexibility index (Phi) is 5.65. The molecule has 0 radical (unpaired) electrons. The molecule has 25 heavy (non-hydrogen) atoms. The van der Waals surface area contributed by atoms with Crippen LogP contribution in [-0.4, -0.2) is 69.6 Å². The summed E-state index contributed by atoms with van der Waals surface area (Å²) in [6.45, 7) is 9.12. The van der Waals surface area contributed by atoms with Crippen LogP contribution in [0.1, 0.15) is 42.6 Å². The van der Waals surface area contributed by atoms with Crippen LogP contribution in [0.3, 0.4) is 0 Å². The average Bonchev–Trinajstić information content (AvgIpc) is 3.03. The van der Waals surface area contributed by atoms with Gasteiger partial charge in [-0.05, 0) is 39.5 Å². The fourth-order valence-electron chi connectivity index (χ4n) is 3.41. The first-order valence-corrected chi connectivity index (χ1v) is 9.14. The fraction of sp³-hybridized carbons (Fsp3) is 0.611. The molecule has 3 heterocycles. The minimum atomic E-state index is -0.0840. The number of nitrogens with zero attached hydrogens (tertiary/aromatic N) is 5. The van der Waals surface area contributed by atoms with Crippen LogP contribution in [0, 0.1) is 0 Å². The van der Waals surface area contributed by atoms with Gasteiger partial charge in [0.25, 0.3) is 5.91 Å². The van der Waals surface area contributed by atoms with E-state index < -0.39 is 0 Å². The third-order valence-electron chi connectivity index (χ3n) is 4.91. The highest BCUT2D eigenvalue weighted by molar-refractivity contribution is 5.99. The zero-order valence-corrected chi connectivity index (χ0v) is 15.4. The molecule has 2 aromatic rings. The molecule has 0 unspecified atom stereocenters. The van der Waals surface area contributed by atoms with Gasteiger partial charge in [-0.15, -0.1) is 0 Å². The second-order valence-corrected chi connectivity index (χ2v) is 6.82. The second-order valence-electron chi connectivity index (χ2n) is 6.82. The fourth-order valence-corrected chi connectivity index (χ4v) is 3.41. The van der Waals surface area contributed by atoms with Gasteiger partial charge < -0.3 is 10.2 Å². The summed E-state index contributed by atoms with van der Waals surface area (Å²) in [5.41, 5.74) is 2.26. The lowest BCUT2D eigenvalue weighted by molar-refractivity contribution is 0.0914. The van der Waals surface area contributed by atoms with Crippen molar-refractivity contribution < 1.29 is 4.79 Å². The van der Waals surface area contributed by atoms with E-state index in [4.69, 9.17) is 0 Å². The molecule has 0 aromatic carbocycles. The minimum absolute atomic E-state index is 0.0840. The van der Waals surface area contributed by atoms with Crippen molar-refractivity contribution in [2.75, 3.05) is 33.2 Å². The summed E-state index contributed by atoms with van der Waals surface area (Å²) in [5.74, 6) is -0.0840. The van der Waals surface area contributed by atoms with Crippen molar-refractivity contribution in [3.05, 3.63) is 29.7 Å². The molecular formula is C18H28N6O. The molecule has 1 fully saturated rings. The van der Waals surface area contributed by atoms with Crippen molar-refractivity contribution in [3.63, 3.8) is 0 Å². The summed E-state index contributed by atoms with van der Waals surface area (Å²) in [5, 5.41) is 7.46. The lowest BCUT2D eigenvalue weighted by Crippen LogP contribution is -2.46. The number of amides is 1. The first kappa shape index (κ1) is 17.8. The van der Waals surface area contributed by atoms with E-state index >= 15 is 0 Å². The number of hydrogen-bond acceptors (Lipinski definition) is 5. The van der Waals surface area contributed by atoms with Crippen LogP contribution in [0.5, 0.6) is 0 Å². The van der Waals surface area contributed by atoms with E-state index in [9.17, 15) is 4.79 Å². The Hall–Kier alpha value is -1.99. The molecule has 1 aliphatic heterocycles. The summed E-state index contributed by atoms with van der Waals surface area (Å²) in [4.78, 5) is 21.7. The Bertz CT molecular complexity index is 723. The summed E-state index contributed by atoms with van der Waals surface area (Å²) in [6.07, 6.45) is 7.57. The normalized spacial score (nSPS) is 18.8. The van der Waals surface area contributed by atoms with E-state index in [0.29, 0.717) is 11.2 Å². The highest BCUT2D eigenvalue weighted by Crippen LogP contribution is 2.13. The molecular weight excluding hydrogens is 316 g/mol. The van der Waals surface area contributed by atoms with Crippen LogP contribution in [0.2, 0.25) is 0 Å². The molecule has 136 valence electrons. The summed E-state index contributed by atoms with van der Waals surface area (Å²) < 4.78 is 1.71. The number of nitrogens with one attached hydrogen (secondary N) is 1. The number of hydrogen-bond donors (Lipinski definition) is 1. The topological polar surface area (TPSA) is 65.8 Å². The second kappa shape index (κ2) is 7.93. The third kappa shape index (κ3) is 4.16. The lowest BCUT2D eigenvalue weighted by Gasteiger charge is -2.30. The van der Waals surface area contributed by atoms with E-state index in [-0.39, 0.29) is 11.9 Å². The Balaban J connectivity index is 1.73. The number of likely N-dealkylation sites (N-methyl/N-ethyl adjacent to an activating group) is 1. The van der Waals surface area contributed by atoms with Gasteiger partial charge in [-0.2, -0.15) is 5.10 Å². The average molecular weight is 344 g/mol. The quantitative estimate of drug-likeness (QED) is 0.858. The van der Waals surface area contributed by atoms with Crippen molar-refractivity contribution in [1.29, 1.82) is 0 Å². The third-order valence-corrected chi connectivity index (χ3v) is 4.91. The molecule has 1 N–H and O–H groups in total. The lowest BCUT2D eigenvalue weighted by atomic mass is 10.1. The Morgan fingerprint density at radius 2 is 2.16 bits per heavy atom. The maximum absolute atomic E-state index is 12.6. The molecule has 0 bridgehead atoms. The zero-order chi connectivity index (χ0) is 17.8. The zero-order valence-electron chi connectivity index (χ0n) is 15.4. The van der Waals surface area contributed by atoms with Gasteiger partial charge in [0.2, 0.25) is 0 Å². The van der Waals surface area contributed by atoms with Crippen molar-refractivity contribution in [1.82, 2.24) is 29.7 Å². The molecule has 2 aromatic heterocycles. The van der Waals surface area contributed by atoms with Gasteiger partial charge in [0.05, 0.1) is 6.20 Å². The van der Waals surface area contributed by atoms with Gasteiger partial charge in [-0.1, -0.05) is 13.8 Å². The Morgan fingerprint density at radius 3 is 2.88 bits per heavy atom. The Morgan fingerprint density at radius 1 is 1.36 bits per heavy atom. The molecule has 0 spiro atoms. The first-order valence-electron chi connectivity index (χ1n) is 9.14. The number of aromatic nitrogens is 3. The van der Waals surface area contributed by atoms with E-state index in [0.717, 1.165) is 51.1 Å². The highest BCUT2D eigenvalue weighted by atomic mass is 16.1. The van der Waals surface area contributed by atoms with Crippen LogP contribution in [-0.2, 0) is 6.54 Å². The highest BCUT2D eigenvalue weighted by Gasteiger charge is 2.22. The number of rotatable bonds is 6. The molecule has 0 saturated carbocycles. The van der Waals surface area contributed by atoms with Crippen molar-refractivity contribution >= 4 is 11.6 Å². The number of carbonyl (C=O) groups excluding carboxylic acids is 1. The molecule has 0 aliphatic carbocycles. The standard InChI is InChI=1S/C18H28N6O/c1-4-23(5-2)11-14-9-19-17-16(10-20-24(17)12-14)18(25)21-15-7-6-8-22(3)13-15/h9-10,12,15H,4-8,11,13H2,1-3H3,(H,21,25)/t15-/m1/s1.